The summed E-state index contributed by atoms with van der Waals surface area (Å²) in [5, 5.41) is 3.32. The quantitative estimate of drug-likeness (QED) is 0.765. The molecule has 19 heavy (non-hydrogen) atoms. The molecule has 1 aromatic rings. The Morgan fingerprint density at radius 2 is 1.84 bits per heavy atom. The number of hydrogen-bond donors (Lipinski definition) is 1. The summed E-state index contributed by atoms with van der Waals surface area (Å²) >= 11 is 0. The molecule has 1 aromatic carbocycles. The van der Waals surface area contributed by atoms with Crippen molar-refractivity contribution in [2.24, 2.45) is 0 Å². The molecule has 0 heterocycles. The minimum Gasteiger partial charge on any atom is -0.314 e. The predicted octanol–water partition coefficient (Wildman–Crippen LogP) is 4.19. The second-order valence-corrected chi connectivity index (χ2v) is 4.81. The van der Waals surface area contributed by atoms with Gasteiger partial charge in [-0.05, 0) is 44.0 Å². The normalized spacial score (nSPS) is 13.3. The minimum absolute atomic E-state index is 0.222. The molecule has 0 saturated heterocycles. The third-order valence-corrected chi connectivity index (χ3v) is 2.85. The van der Waals surface area contributed by atoms with Crippen LogP contribution >= 0.6 is 0 Å². The molecule has 0 amide bonds. The number of likely N-dealkylation sites (N-methyl/N-ethyl adjacent to an activating group) is 1. The molecule has 0 aromatic heterocycles. The molecule has 4 heteroatoms. The van der Waals surface area contributed by atoms with Crippen LogP contribution in [-0.2, 0) is 12.6 Å². The fourth-order valence-corrected chi connectivity index (χ4v) is 2.04. The van der Waals surface area contributed by atoms with Gasteiger partial charge in [-0.25, -0.2) is 0 Å². The molecule has 0 aliphatic rings. The summed E-state index contributed by atoms with van der Waals surface area (Å²) in [4.78, 5) is 0. The Hall–Kier alpha value is -1.29. The lowest BCUT2D eigenvalue weighted by molar-refractivity contribution is -0.137. The van der Waals surface area contributed by atoms with Crippen molar-refractivity contribution < 1.29 is 13.2 Å². The third-order valence-electron chi connectivity index (χ3n) is 2.85. The van der Waals surface area contributed by atoms with E-state index in [0.717, 1.165) is 36.2 Å². The van der Waals surface area contributed by atoms with Gasteiger partial charge in [0.1, 0.15) is 0 Å². The van der Waals surface area contributed by atoms with Gasteiger partial charge in [0.2, 0.25) is 0 Å². The third kappa shape index (κ3) is 5.47. The van der Waals surface area contributed by atoms with Gasteiger partial charge in [0, 0.05) is 6.04 Å². The molecule has 1 unspecified atom stereocenters. The van der Waals surface area contributed by atoms with Crippen LogP contribution in [0.4, 0.5) is 13.2 Å². The summed E-state index contributed by atoms with van der Waals surface area (Å²) < 4.78 is 37.4. The monoisotopic (exact) mass is 271 g/mol. The summed E-state index contributed by atoms with van der Waals surface area (Å²) in [5.41, 5.74) is 1.37. The first-order chi connectivity index (χ1) is 8.82. The first kappa shape index (κ1) is 15.8. The second kappa shape index (κ2) is 6.75. The highest BCUT2D eigenvalue weighted by Gasteiger charge is 2.29. The molecule has 1 N–H and O–H groups in total. The molecule has 1 rings (SSSR count). The Kier molecular flexibility index (Phi) is 5.60. The fourth-order valence-electron chi connectivity index (χ4n) is 2.04. The van der Waals surface area contributed by atoms with Crippen molar-refractivity contribution in [3.63, 3.8) is 0 Å². The lowest BCUT2D eigenvalue weighted by Gasteiger charge is -2.18. The number of rotatable bonds is 6. The van der Waals surface area contributed by atoms with Crippen LogP contribution in [0.25, 0.3) is 0 Å². The first-order valence-corrected chi connectivity index (χ1v) is 6.36. The molecular formula is C15H20F3N. The van der Waals surface area contributed by atoms with Gasteiger partial charge in [-0.15, -0.1) is 6.58 Å². The lowest BCUT2D eigenvalue weighted by atomic mass is 9.99. The van der Waals surface area contributed by atoms with Gasteiger partial charge in [-0.3, -0.25) is 0 Å². The molecule has 106 valence electrons. The van der Waals surface area contributed by atoms with Gasteiger partial charge in [0.05, 0.1) is 5.56 Å². The van der Waals surface area contributed by atoms with Crippen molar-refractivity contribution in [2.45, 2.75) is 38.9 Å². The van der Waals surface area contributed by atoms with Crippen molar-refractivity contribution in [1.82, 2.24) is 5.32 Å². The summed E-state index contributed by atoms with van der Waals surface area (Å²) in [6, 6.07) is 5.59. The summed E-state index contributed by atoms with van der Waals surface area (Å²) in [6.07, 6.45) is -2.73. The van der Waals surface area contributed by atoms with Crippen LogP contribution in [0.5, 0.6) is 0 Å². The molecule has 0 spiro atoms. The highest BCUT2D eigenvalue weighted by Crippen LogP contribution is 2.29. The van der Waals surface area contributed by atoms with Crippen molar-refractivity contribution in [1.29, 1.82) is 0 Å². The molecule has 1 atom stereocenters. The fraction of sp³-hybridized carbons (Fsp3) is 0.467. The van der Waals surface area contributed by atoms with Crippen LogP contribution in [0.2, 0.25) is 0 Å². The van der Waals surface area contributed by atoms with Crippen LogP contribution < -0.4 is 5.32 Å². The van der Waals surface area contributed by atoms with Crippen LogP contribution in [0, 0.1) is 0 Å². The van der Waals surface area contributed by atoms with Gasteiger partial charge >= 0.3 is 6.18 Å². The molecule has 0 saturated carbocycles. The number of nitrogens with one attached hydrogen (secondary N) is 1. The van der Waals surface area contributed by atoms with Crippen molar-refractivity contribution in [3.8, 4) is 0 Å². The topological polar surface area (TPSA) is 12.0 Å². The van der Waals surface area contributed by atoms with E-state index in [4.69, 9.17) is 0 Å². The first-order valence-electron chi connectivity index (χ1n) is 6.36. The van der Waals surface area contributed by atoms with E-state index in [-0.39, 0.29) is 6.04 Å². The van der Waals surface area contributed by atoms with Crippen LogP contribution in [0.1, 0.15) is 31.4 Å². The highest BCUT2D eigenvalue weighted by molar-refractivity contribution is 5.25. The summed E-state index contributed by atoms with van der Waals surface area (Å²) in [6.45, 7) is 8.68. The van der Waals surface area contributed by atoms with E-state index in [1.807, 2.05) is 13.8 Å². The Morgan fingerprint density at radius 3 is 2.26 bits per heavy atom. The van der Waals surface area contributed by atoms with E-state index < -0.39 is 11.7 Å². The van der Waals surface area contributed by atoms with Gasteiger partial charge < -0.3 is 5.32 Å². The van der Waals surface area contributed by atoms with Gasteiger partial charge in [-0.1, -0.05) is 24.6 Å². The summed E-state index contributed by atoms with van der Waals surface area (Å²) in [5.74, 6) is 0. The van der Waals surface area contributed by atoms with Crippen molar-refractivity contribution in [2.75, 3.05) is 6.54 Å². The number of hydrogen-bond acceptors (Lipinski definition) is 1. The van der Waals surface area contributed by atoms with E-state index in [1.54, 1.807) is 12.1 Å². The number of benzene rings is 1. The van der Waals surface area contributed by atoms with E-state index in [1.165, 1.54) is 0 Å². The largest absolute Gasteiger partial charge is 0.416 e. The van der Waals surface area contributed by atoms with Gasteiger partial charge in [0.15, 0.2) is 0 Å². The maximum atomic E-state index is 12.5. The van der Waals surface area contributed by atoms with Gasteiger partial charge in [0.25, 0.3) is 0 Å². The van der Waals surface area contributed by atoms with Crippen LogP contribution in [0.3, 0.4) is 0 Å². The molecule has 1 nitrogen and oxygen atoms in total. The lowest BCUT2D eigenvalue weighted by Crippen LogP contribution is -2.31. The van der Waals surface area contributed by atoms with E-state index >= 15 is 0 Å². The Labute approximate surface area is 112 Å². The van der Waals surface area contributed by atoms with E-state index in [9.17, 15) is 13.2 Å². The maximum absolute atomic E-state index is 12.5. The SMILES string of the molecule is C=C(C)CC(Cc1ccc(C(F)(F)F)cc1)NCC. The van der Waals surface area contributed by atoms with E-state index in [0.29, 0.717) is 6.42 Å². The zero-order valence-electron chi connectivity index (χ0n) is 11.3. The Bertz CT molecular complexity index is 406. The minimum atomic E-state index is -4.27. The molecule has 0 aliphatic heterocycles. The Balaban J connectivity index is 2.72. The second-order valence-electron chi connectivity index (χ2n) is 4.81. The predicted molar refractivity (Wildman–Crippen MR) is 72.0 cm³/mol. The number of alkyl halides is 3. The summed E-state index contributed by atoms with van der Waals surface area (Å²) in [7, 11) is 0. The maximum Gasteiger partial charge on any atom is 0.416 e. The molecule has 0 fully saturated rings. The average Bonchev–Trinajstić information content (AvgIpc) is 2.28. The average molecular weight is 271 g/mol. The van der Waals surface area contributed by atoms with E-state index in [2.05, 4.69) is 11.9 Å². The number of halogens is 3. The van der Waals surface area contributed by atoms with Gasteiger partial charge in [-0.2, -0.15) is 13.2 Å². The van der Waals surface area contributed by atoms with Crippen LogP contribution in [0.15, 0.2) is 36.4 Å². The standard InChI is InChI=1S/C15H20F3N/c1-4-19-14(9-11(2)3)10-12-5-7-13(8-6-12)15(16,17)18/h5-8,14,19H,2,4,9-10H2,1,3H3. The molecule has 0 aliphatic carbocycles. The van der Waals surface area contributed by atoms with Crippen LogP contribution in [-0.4, -0.2) is 12.6 Å². The smallest absolute Gasteiger partial charge is 0.314 e. The molecule has 0 bridgehead atoms. The molecule has 0 radical (unpaired) electrons. The van der Waals surface area contributed by atoms with Crippen molar-refractivity contribution in [3.05, 3.63) is 47.5 Å². The Morgan fingerprint density at radius 1 is 1.26 bits per heavy atom. The zero-order chi connectivity index (χ0) is 14.5. The highest BCUT2D eigenvalue weighted by atomic mass is 19.4. The van der Waals surface area contributed by atoms with Crippen molar-refractivity contribution >= 4 is 0 Å². The molecular weight excluding hydrogens is 251 g/mol. The zero-order valence-corrected chi connectivity index (χ0v) is 11.3.